The molecule has 0 unspecified atom stereocenters. The van der Waals surface area contributed by atoms with Gasteiger partial charge in [0.1, 0.15) is 11.5 Å². The van der Waals surface area contributed by atoms with Gasteiger partial charge < -0.3 is 9.47 Å². The molecule has 38 heavy (non-hydrogen) atoms. The fraction of sp³-hybridized carbons (Fsp3) is 0.222. The molecule has 0 aliphatic carbocycles. The first-order chi connectivity index (χ1) is 18.3. The van der Waals surface area contributed by atoms with Crippen molar-refractivity contribution in [2.24, 2.45) is 4.99 Å². The van der Waals surface area contributed by atoms with Crippen molar-refractivity contribution in [2.45, 2.75) is 32.9 Å². The van der Waals surface area contributed by atoms with Gasteiger partial charge in [0.25, 0.3) is 0 Å². The number of carbonyl (C=O) groups is 1. The topological polar surface area (TPSA) is 121 Å². The van der Waals surface area contributed by atoms with Gasteiger partial charge in [-0.3, -0.25) is 19.3 Å². The van der Waals surface area contributed by atoms with Crippen molar-refractivity contribution < 1.29 is 14.3 Å². The number of pyridine rings is 1. The molecule has 0 aliphatic rings. The van der Waals surface area contributed by atoms with Crippen LogP contribution in [0.15, 0.2) is 81.4 Å². The molecule has 0 saturated heterocycles. The lowest BCUT2D eigenvalue weighted by atomic mass is 10.2. The summed E-state index contributed by atoms with van der Waals surface area (Å²) in [5.41, 5.74) is 1.03. The van der Waals surface area contributed by atoms with Gasteiger partial charge in [-0.05, 0) is 61.4 Å². The smallest absolute Gasteiger partial charge is 0.335 e. The number of carbonyl (C=O) groups excluding carboxylic acids is 1. The Kier molecular flexibility index (Phi) is 8.55. The standard InChI is InChI=1S/C27H26ClN5O5/c1-18-16-23(13-14-29-18)38-22-11-9-21(10-12-22)30-25-31-26(35)32(15-3-4-24(34)37-2)27(36)33(25)17-19-5-7-20(28)8-6-19/h5-14,16H,3-4,15,17H2,1-2H3,(H,30,31,35). The van der Waals surface area contributed by atoms with Gasteiger partial charge in [0.2, 0.25) is 5.62 Å². The van der Waals surface area contributed by atoms with Crippen molar-refractivity contribution in [3.63, 3.8) is 0 Å². The van der Waals surface area contributed by atoms with Gasteiger partial charge in [-0.2, -0.15) is 0 Å². The van der Waals surface area contributed by atoms with Gasteiger partial charge >= 0.3 is 17.3 Å². The minimum Gasteiger partial charge on any atom is -0.469 e. The van der Waals surface area contributed by atoms with Crippen LogP contribution in [0.3, 0.4) is 0 Å². The highest BCUT2D eigenvalue weighted by molar-refractivity contribution is 6.30. The number of ether oxygens (including phenoxy) is 2. The van der Waals surface area contributed by atoms with Crippen LogP contribution >= 0.6 is 11.6 Å². The number of esters is 1. The van der Waals surface area contributed by atoms with E-state index in [1.165, 1.54) is 11.7 Å². The molecule has 0 radical (unpaired) electrons. The summed E-state index contributed by atoms with van der Waals surface area (Å²) in [7, 11) is 1.29. The SMILES string of the molecule is COC(=O)CCCn1c(=O)[nH]/c(=N\c2ccc(Oc3ccnc(C)c3)cc2)n(Cc2ccc(Cl)cc2)c1=O. The van der Waals surface area contributed by atoms with E-state index in [-0.39, 0.29) is 31.5 Å². The van der Waals surface area contributed by atoms with Crippen molar-refractivity contribution >= 4 is 23.3 Å². The average molecular weight is 536 g/mol. The molecule has 0 aliphatic heterocycles. The zero-order valence-electron chi connectivity index (χ0n) is 20.9. The molecule has 4 aromatic rings. The van der Waals surface area contributed by atoms with Crippen molar-refractivity contribution in [3.8, 4) is 11.5 Å². The highest BCUT2D eigenvalue weighted by Gasteiger charge is 2.11. The van der Waals surface area contributed by atoms with E-state index < -0.39 is 17.3 Å². The maximum absolute atomic E-state index is 13.4. The lowest BCUT2D eigenvalue weighted by molar-refractivity contribution is -0.140. The van der Waals surface area contributed by atoms with Crippen LogP contribution in [-0.4, -0.2) is 32.2 Å². The Balaban J connectivity index is 1.68. The molecule has 0 saturated carbocycles. The number of halogens is 1. The number of methoxy groups -OCH3 is 1. The molecule has 11 heteroatoms. The first-order valence-electron chi connectivity index (χ1n) is 11.8. The highest BCUT2D eigenvalue weighted by Crippen LogP contribution is 2.23. The number of benzene rings is 2. The molecular weight excluding hydrogens is 510 g/mol. The number of nitrogens with one attached hydrogen (secondary N) is 1. The Bertz CT molecular complexity index is 1610. The van der Waals surface area contributed by atoms with E-state index in [9.17, 15) is 14.4 Å². The molecular formula is C27H26ClN5O5. The molecule has 0 spiro atoms. The fourth-order valence-electron chi connectivity index (χ4n) is 3.67. The number of hydrogen-bond donors (Lipinski definition) is 1. The molecule has 0 bridgehead atoms. The molecule has 2 heterocycles. The normalized spacial score (nSPS) is 11.4. The number of H-pyrrole nitrogens is 1. The van der Waals surface area contributed by atoms with Crippen LogP contribution in [0.5, 0.6) is 11.5 Å². The Hall–Kier alpha value is -4.44. The van der Waals surface area contributed by atoms with Crippen molar-refractivity contribution in [1.82, 2.24) is 19.1 Å². The van der Waals surface area contributed by atoms with Crippen molar-refractivity contribution in [2.75, 3.05) is 7.11 Å². The third-order valence-electron chi connectivity index (χ3n) is 5.60. The molecule has 2 aromatic carbocycles. The summed E-state index contributed by atoms with van der Waals surface area (Å²) >= 11 is 6.01. The lowest BCUT2D eigenvalue weighted by Gasteiger charge is -2.11. The predicted molar refractivity (Wildman–Crippen MR) is 142 cm³/mol. The van der Waals surface area contributed by atoms with Gasteiger partial charge in [0.05, 0.1) is 19.3 Å². The van der Waals surface area contributed by atoms with Crippen LogP contribution in [0.1, 0.15) is 24.1 Å². The highest BCUT2D eigenvalue weighted by atomic mass is 35.5. The number of aromatic nitrogens is 4. The molecule has 0 atom stereocenters. The summed E-state index contributed by atoms with van der Waals surface area (Å²) in [6.07, 6.45) is 2.02. The second-order valence-electron chi connectivity index (χ2n) is 8.42. The molecule has 2 aromatic heterocycles. The van der Waals surface area contributed by atoms with Crippen molar-refractivity contribution in [3.05, 3.63) is 110 Å². The van der Waals surface area contributed by atoms with Gasteiger partial charge in [0, 0.05) is 35.9 Å². The van der Waals surface area contributed by atoms with Crippen LogP contribution in [0.25, 0.3) is 0 Å². The zero-order valence-corrected chi connectivity index (χ0v) is 21.6. The lowest BCUT2D eigenvalue weighted by Crippen LogP contribution is -2.50. The number of hydrogen-bond acceptors (Lipinski definition) is 7. The third kappa shape index (κ3) is 6.86. The largest absolute Gasteiger partial charge is 0.469 e. The van der Waals surface area contributed by atoms with Crippen LogP contribution in [-0.2, 0) is 22.6 Å². The van der Waals surface area contributed by atoms with E-state index in [0.717, 1.165) is 15.8 Å². The number of aryl methyl sites for hydroxylation is 1. The van der Waals surface area contributed by atoms with Gasteiger partial charge in [-0.1, -0.05) is 23.7 Å². The average Bonchev–Trinajstić information content (AvgIpc) is 2.90. The molecule has 0 fully saturated rings. The van der Waals surface area contributed by atoms with Crippen LogP contribution in [0.2, 0.25) is 5.02 Å². The number of aromatic amines is 1. The minimum atomic E-state index is -0.626. The summed E-state index contributed by atoms with van der Waals surface area (Å²) in [5.74, 6) is 0.836. The van der Waals surface area contributed by atoms with Crippen LogP contribution < -0.4 is 21.7 Å². The maximum atomic E-state index is 13.4. The Morgan fingerprint density at radius 1 is 1.03 bits per heavy atom. The van der Waals surface area contributed by atoms with Crippen molar-refractivity contribution in [1.29, 1.82) is 0 Å². The maximum Gasteiger partial charge on any atom is 0.335 e. The molecule has 10 nitrogen and oxygen atoms in total. The van der Waals surface area contributed by atoms with Crippen LogP contribution in [0, 0.1) is 6.92 Å². The van der Waals surface area contributed by atoms with Crippen LogP contribution in [0.4, 0.5) is 5.69 Å². The quantitative estimate of drug-likeness (QED) is 0.326. The van der Waals surface area contributed by atoms with Gasteiger partial charge in [0.15, 0.2) is 0 Å². The second kappa shape index (κ2) is 12.2. The van der Waals surface area contributed by atoms with E-state index in [0.29, 0.717) is 22.2 Å². The van der Waals surface area contributed by atoms with E-state index >= 15 is 0 Å². The third-order valence-corrected chi connectivity index (χ3v) is 5.85. The molecule has 4 rings (SSSR count). The van der Waals surface area contributed by atoms with Gasteiger partial charge in [-0.25, -0.2) is 19.1 Å². The Morgan fingerprint density at radius 2 is 1.76 bits per heavy atom. The first kappa shape index (κ1) is 26.6. The molecule has 0 amide bonds. The first-order valence-corrected chi connectivity index (χ1v) is 12.2. The molecule has 1 N–H and O–H groups in total. The summed E-state index contributed by atoms with van der Waals surface area (Å²) in [4.78, 5) is 49.0. The predicted octanol–water partition coefficient (Wildman–Crippen LogP) is 3.72. The second-order valence-corrected chi connectivity index (χ2v) is 8.86. The Labute approximate surface area is 222 Å². The number of rotatable bonds is 9. The summed E-state index contributed by atoms with van der Waals surface area (Å²) in [6, 6.07) is 17.5. The summed E-state index contributed by atoms with van der Waals surface area (Å²) < 4.78 is 12.9. The molecule has 196 valence electrons. The monoisotopic (exact) mass is 535 g/mol. The van der Waals surface area contributed by atoms with Gasteiger partial charge in [-0.15, -0.1) is 0 Å². The van der Waals surface area contributed by atoms with E-state index in [4.69, 9.17) is 16.3 Å². The minimum absolute atomic E-state index is 0.0463. The van der Waals surface area contributed by atoms with E-state index in [1.54, 1.807) is 60.8 Å². The number of nitrogens with zero attached hydrogens (tertiary/aromatic N) is 4. The fourth-order valence-corrected chi connectivity index (χ4v) is 3.79. The van der Waals surface area contributed by atoms with E-state index in [2.05, 4.69) is 19.7 Å². The Morgan fingerprint density at radius 3 is 2.45 bits per heavy atom. The zero-order chi connectivity index (χ0) is 27.1. The van der Waals surface area contributed by atoms with E-state index in [1.807, 2.05) is 13.0 Å². The summed E-state index contributed by atoms with van der Waals surface area (Å²) in [6.45, 7) is 2.07. The summed E-state index contributed by atoms with van der Waals surface area (Å²) in [5, 5.41) is 0.564.